The minimum atomic E-state index is -0.283. The molecule has 0 aliphatic heterocycles. The Morgan fingerprint density at radius 1 is 1.53 bits per heavy atom. The first-order valence-electron chi connectivity index (χ1n) is 5.68. The molecule has 1 heterocycles. The standard InChI is InChI=1S/C14H12N2O3/c1-2-7-16-13(17)9-18-14-10-5-3-4-6-11(10)19-12(14)8-15/h2-6H,1,7,9H2,(H,16,17). The molecule has 0 fully saturated rings. The number of nitriles is 1. The zero-order chi connectivity index (χ0) is 13.7. The molecule has 5 nitrogen and oxygen atoms in total. The van der Waals surface area contributed by atoms with Crippen molar-refractivity contribution in [1.82, 2.24) is 5.32 Å². The molecule has 2 rings (SSSR count). The van der Waals surface area contributed by atoms with Crippen LogP contribution in [0.5, 0.6) is 5.75 Å². The van der Waals surface area contributed by atoms with E-state index >= 15 is 0 Å². The summed E-state index contributed by atoms with van der Waals surface area (Å²) in [6.45, 7) is 3.70. The summed E-state index contributed by atoms with van der Waals surface area (Å²) in [4.78, 5) is 11.4. The third kappa shape index (κ3) is 2.75. The monoisotopic (exact) mass is 256 g/mol. The number of carbonyl (C=O) groups excluding carboxylic acids is 1. The number of hydrogen-bond acceptors (Lipinski definition) is 4. The first-order chi connectivity index (χ1) is 9.26. The highest BCUT2D eigenvalue weighted by molar-refractivity contribution is 5.87. The molecule has 1 aromatic heterocycles. The van der Waals surface area contributed by atoms with Crippen molar-refractivity contribution in [3.63, 3.8) is 0 Å². The molecule has 96 valence electrons. The molecule has 1 aromatic carbocycles. The molecule has 0 unspecified atom stereocenters. The van der Waals surface area contributed by atoms with Gasteiger partial charge in [0, 0.05) is 6.54 Å². The van der Waals surface area contributed by atoms with E-state index in [0.717, 1.165) is 0 Å². The van der Waals surface area contributed by atoms with Crippen LogP contribution in [0, 0.1) is 11.3 Å². The molecule has 0 bridgehead atoms. The fraction of sp³-hybridized carbons (Fsp3) is 0.143. The van der Waals surface area contributed by atoms with Crippen LogP contribution in [0.3, 0.4) is 0 Å². The molecule has 0 radical (unpaired) electrons. The average molecular weight is 256 g/mol. The lowest BCUT2D eigenvalue weighted by atomic mass is 10.2. The summed E-state index contributed by atoms with van der Waals surface area (Å²) in [5.41, 5.74) is 0.556. The Morgan fingerprint density at radius 3 is 3.05 bits per heavy atom. The molecular weight excluding hydrogens is 244 g/mol. The first kappa shape index (κ1) is 12.7. The van der Waals surface area contributed by atoms with Gasteiger partial charge in [-0.25, -0.2) is 0 Å². The lowest BCUT2D eigenvalue weighted by Gasteiger charge is -2.04. The van der Waals surface area contributed by atoms with E-state index in [2.05, 4.69) is 11.9 Å². The zero-order valence-corrected chi connectivity index (χ0v) is 10.2. The van der Waals surface area contributed by atoms with E-state index in [1.807, 2.05) is 12.1 Å². The van der Waals surface area contributed by atoms with Crippen LogP contribution in [0.4, 0.5) is 0 Å². The summed E-state index contributed by atoms with van der Waals surface area (Å²) in [5.74, 6) is 0.0821. The van der Waals surface area contributed by atoms with Gasteiger partial charge in [-0.15, -0.1) is 6.58 Å². The van der Waals surface area contributed by atoms with Crippen LogP contribution >= 0.6 is 0 Å². The summed E-state index contributed by atoms with van der Waals surface area (Å²) >= 11 is 0. The Kier molecular flexibility index (Phi) is 3.84. The van der Waals surface area contributed by atoms with Gasteiger partial charge in [0.1, 0.15) is 11.7 Å². The largest absolute Gasteiger partial charge is 0.478 e. The molecular formula is C14H12N2O3. The molecule has 1 amide bonds. The molecule has 0 saturated carbocycles. The van der Waals surface area contributed by atoms with E-state index < -0.39 is 0 Å². The summed E-state index contributed by atoms with van der Waals surface area (Å²) in [6, 6.07) is 9.03. The van der Waals surface area contributed by atoms with Crippen molar-refractivity contribution < 1.29 is 13.9 Å². The predicted molar refractivity (Wildman–Crippen MR) is 69.6 cm³/mol. The Hall–Kier alpha value is -2.74. The SMILES string of the molecule is C=CCNC(=O)COc1c(C#N)oc2ccccc12. The molecule has 0 saturated heterocycles. The zero-order valence-electron chi connectivity index (χ0n) is 10.2. The second kappa shape index (κ2) is 5.74. The van der Waals surface area contributed by atoms with Gasteiger partial charge >= 0.3 is 0 Å². The van der Waals surface area contributed by atoms with Gasteiger partial charge in [0.15, 0.2) is 12.4 Å². The van der Waals surface area contributed by atoms with Crippen LogP contribution in [0.1, 0.15) is 5.76 Å². The van der Waals surface area contributed by atoms with E-state index in [-0.39, 0.29) is 18.3 Å². The maximum Gasteiger partial charge on any atom is 0.258 e. The highest BCUT2D eigenvalue weighted by atomic mass is 16.5. The number of ether oxygens (including phenoxy) is 1. The minimum Gasteiger partial charge on any atom is -0.478 e. The molecule has 5 heteroatoms. The Morgan fingerprint density at radius 2 is 2.32 bits per heavy atom. The fourth-order valence-corrected chi connectivity index (χ4v) is 1.61. The van der Waals surface area contributed by atoms with Gasteiger partial charge in [0.25, 0.3) is 5.91 Å². The second-order valence-corrected chi connectivity index (χ2v) is 3.75. The number of para-hydroxylation sites is 1. The minimum absolute atomic E-state index is 0.0673. The van der Waals surface area contributed by atoms with Crippen molar-refractivity contribution in [3.05, 3.63) is 42.7 Å². The highest BCUT2D eigenvalue weighted by Crippen LogP contribution is 2.32. The predicted octanol–water partition coefficient (Wildman–Crippen LogP) is 1.99. The van der Waals surface area contributed by atoms with E-state index in [1.54, 1.807) is 24.3 Å². The van der Waals surface area contributed by atoms with Crippen LogP contribution in [-0.4, -0.2) is 19.1 Å². The molecule has 0 atom stereocenters. The highest BCUT2D eigenvalue weighted by Gasteiger charge is 2.15. The van der Waals surface area contributed by atoms with E-state index in [9.17, 15) is 4.79 Å². The van der Waals surface area contributed by atoms with Crippen molar-refractivity contribution in [2.45, 2.75) is 0 Å². The number of fused-ring (bicyclic) bond motifs is 1. The summed E-state index contributed by atoms with van der Waals surface area (Å²) in [6.07, 6.45) is 1.58. The van der Waals surface area contributed by atoms with Crippen LogP contribution in [0.2, 0.25) is 0 Å². The van der Waals surface area contributed by atoms with Crippen molar-refractivity contribution in [1.29, 1.82) is 5.26 Å². The Labute approximate surface area is 110 Å². The van der Waals surface area contributed by atoms with Crippen molar-refractivity contribution in [3.8, 4) is 11.8 Å². The van der Waals surface area contributed by atoms with E-state index in [4.69, 9.17) is 14.4 Å². The van der Waals surface area contributed by atoms with Gasteiger partial charge < -0.3 is 14.5 Å². The number of hydrogen-bond donors (Lipinski definition) is 1. The molecule has 0 aliphatic carbocycles. The van der Waals surface area contributed by atoms with Gasteiger partial charge in [-0.2, -0.15) is 5.26 Å². The number of amides is 1. The number of nitrogens with zero attached hydrogens (tertiary/aromatic N) is 1. The smallest absolute Gasteiger partial charge is 0.258 e. The van der Waals surface area contributed by atoms with Gasteiger partial charge in [-0.3, -0.25) is 4.79 Å². The maximum absolute atomic E-state index is 11.4. The van der Waals surface area contributed by atoms with Crippen molar-refractivity contribution >= 4 is 16.9 Å². The summed E-state index contributed by atoms with van der Waals surface area (Å²) < 4.78 is 10.7. The van der Waals surface area contributed by atoms with Gasteiger partial charge in [-0.1, -0.05) is 18.2 Å². The summed E-state index contributed by atoms with van der Waals surface area (Å²) in [7, 11) is 0. The molecule has 0 aliphatic rings. The van der Waals surface area contributed by atoms with Crippen LogP contribution in [0.15, 0.2) is 41.3 Å². The van der Waals surface area contributed by atoms with Crippen molar-refractivity contribution in [2.24, 2.45) is 0 Å². The fourth-order valence-electron chi connectivity index (χ4n) is 1.61. The third-order valence-corrected chi connectivity index (χ3v) is 2.44. The summed E-state index contributed by atoms with van der Waals surface area (Å²) in [5, 5.41) is 12.2. The van der Waals surface area contributed by atoms with Gasteiger partial charge in [0.05, 0.1) is 5.39 Å². The quantitative estimate of drug-likeness (QED) is 0.830. The molecule has 1 N–H and O–H groups in total. The van der Waals surface area contributed by atoms with Crippen LogP contribution in [0.25, 0.3) is 11.0 Å². The lowest BCUT2D eigenvalue weighted by molar-refractivity contribution is -0.122. The number of benzene rings is 1. The topological polar surface area (TPSA) is 75.3 Å². The maximum atomic E-state index is 11.4. The first-order valence-corrected chi connectivity index (χ1v) is 5.68. The Balaban J connectivity index is 2.18. The van der Waals surface area contributed by atoms with Crippen LogP contribution in [-0.2, 0) is 4.79 Å². The van der Waals surface area contributed by atoms with Gasteiger partial charge in [0.2, 0.25) is 5.76 Å². The second-order valence-electron chi connectivity index (χ2n) is 3.75. The average Bonchev–Trinajstić information content (AvgIpc) is 2.80. The third-order valence-electron chi connectivity index (χ3n) is 2.44. The van der Waals surface area contributed by atoms with Crippen LogP contribution < -0.4 is 10.1 Å². The number of furan rings is 1. The van der Waals surface area contributed by atoms with E-state index in [1.165, 1.54) is 0 Å². The molecule has 2 aromatic rings. The number of carbonyl (C=O) groups is 1. The normalized spacial score (nSPS) is 9.84. The van der Waals surface area contributed by atoms with Crippen molar-refractivity contribution in [2.75, 3.05) is 13.2 Å². The molecule has 19 heavy (non-hydrogen) atoms. The Bertz CT molecular complexity index is 652. The van der Waals surface area contributed by atoms with Gasteiger partial charge in [-0.05, 0) is 12.1 Å². The molecule has 0 spiro atoms. The number of rotatable bonds is 5. The number of nitrogens with one attached hydrogen (secondary N) is 1. The lowest BCUT2D eigenvalue weighted by Crippen LogP contribution is -2.28. The van der Waals surface area contributed by atoms with E-state index in [0.29, 0.717) is 23.3 Å².